The van der Waals surface area contributed by atoms with Gasteiger partial charge in [-0.3, -0.25) is 4.79 Å². The molecule has 1 saturated heterocycles. The molecule has 1 amide bonds. The Kier molecular flexibility index (Phi) is 5.28. The molecule has 3 rings (SSSR count). The summed E-state index contributed by atoms with van der Waals surface area (Å²) in [6, 6.07) is 11.4. The van der Waals surface area contributed by atoms with Gasteiger partial charge < -0.3 is 20.7 Å². The Morgan fingerprint density at radius 2 is 2.00 bits per heavy atom. The number of carbonyl (C=O) groups is 1. The molecule has 1 aromatic carbocycles. The number of para-hydroxylation sites is 1. The number of hydrogen-bond donors (Lipinski definition) is 2. The van der Waals surface area contributed by atoms with E-state index in [0.29, 0.717) is 18.7 Å². The molecule has 126 valence electrons. The highest BCUT2D eigenvalue weighted by atomic mass is 16.5. The third kappa shape index (κ3) is 4.23. The number of nitrogen functional groups attached to an aromatic ring is 1. The molecular formula is C18H22N4O2. The third-order valence-corrected chi connectivity index (χ3v) is 4.07. The number of amides is 1. The highest BCUT2D eigenvalue weighted by Crippen LogP contribution is 2.17. The third-order valence-electron chi connectivity index (χ3n) is 4.07. The quantitative estimate of drug-likeness (QED) is 0.822. The monoisotopic (exact) mass is 326 g/mol. The van der Waals surface area contributed by atoms with E-state index >= 15 is 0 Å². The average molecular weight is 326 g/mol. The Bertz CT molecular complexity index is 682. The summed E-state index contributed by atoms with van der Waals surface area (Å²) in [5, 5.41) is 2.83. The number of nitrogens with two attached hydrogens (primary N) is 1. The van der Waals surface area contributed by atoms with Crippen LogP contribution in [0.4, 0.5) is 17.2 Å². The SMILES string of the molecule is Nc1ccccc1CCC(=O)Nc1ccc(N2CCOCC2)cn1. The van der Waals surface area contributed by atoms with Crippen molar-refractivity contribution in [3.63, 3.8) is 0 Å². The second-order valence-corrected chi connectivity index (χ2v) is 5.75. The molecule has 1 aromatic heterocycles. The molecule has 2 aromatic rings. The molecule has 24 heavy (non-hydrogen) atoms. The van der Waals surface area contributed by atoms with Crippen LogP contribution in [0.25, 0.3) is 0 Å². The summed E-state index contributed by atoms with van der Waals surface area (Å²) in [6.45, 7) is 3.21. The summed E-state index contributed by atoms with van der Waals surface area (Å²) in [6.07, 6.45) is 2.78. The molecule has 1 fully saturated rings. The summed E-state index contributed by atoms with van der Waals surface area (Å²) in [7, 11) is 0. The Labute approximate surface area is 141 Å². The number of nitrogens with zero attached hydrogens (tertiary/aromatic N) is 2. The fraction of sp³-hybridized carbons (Fsp3) is 0.333. The van der Waals surface area contributed by atoms with Crippen LogP contribution in [-0.2, 0) is 16.0 Å². The molecule has 1 aliphatic heterocycles. The molecule has 2 heterocycles. The molecular weight excluding hydrogens is 304 g/mol. The van der Waals surface area contributed by atoms with Gasteiger partial charge in [-0.25, -0.2) is 4.98 Å². The normalized spacial score (nSPS) is 14.4. The molecule has 0 aliphatic carbocycles. The Hall–Kier alpha value is -2.60. The van der Waals surface area contributed by atoms with Crippen molar-refractivity contribution >= 4 is 23.1 Å². The van der Waals surface area contributed by atoms with Crippen molar-refractivity contribution in [3.05, 3.63) is 48.2 Å². The zero-order valence-electron chi connectivity index (χ0n) is 13.6. The average Bonchev–Trinajstić information content (AvgIpc) is 2.62. The number of hydrogen-bond acceptors (Lipinski definition) is 5. The van der Waals surface area contributed by atoms with Crippen molar-refractivity contribution in [2.24, 2.45) is 0 Å². The van der Waals surface area contributed by atoms with Gasteiger partial charge in [0.2, 0.25) is 5.91 Å². The lowest BCUT2D eigenvalue weighted by atomic mass is 10.1. The second-order valence-electron chi connectivity index (χ2n) is 5.75. The topological polar surface area (TPSA) is 80.5 Å². The number of rotatable bonds is 5. The maximum Gasteiger partial charge on any atom is 0.225 e. The van der Waals surface area contributed by atoms with Crippen LogP contribution < -0.4 is 16.0 Å². The van der Waals surface area contributed by atoms with E-state index in [4.69, 9.17) is 10.5 Å². The van der Waals surface area contributed by atoms with Gasteiger partial charge in [-0.2, -0.15) is 0 Å². The van der Waals surface area contributed by atoms with Crippen molar-refractivity contribution < 1.29 is 9.53 Å². The maximum absolute atomic E-state index is 12.1. The maximum atomic E-state index is 12.1. The molecule has 6 heteroatoms. The standard InChI is InChI=1S/C18H22N4O2/c19-16-4-2-1-3-14(16)5-8-18(23)21-17-7-6-15(13-20-17)22-9-11-24-12-10-22/h1-4,6-7,13H,5,8-12,19H2,(H,20,21,23). The van der Waals surface area contributed by atoms with Crippen LogP contribution in [0.15, 0.2) is 42.6 Å². The molecule has 0 atom stereocenters. The summed E-state index contributed by atoms with van der Waals surface area (Å²) in [5.74, 6) is 0.503. The summed E-state index contributed by atoms with van der Waals surface area (Å²) < 4.78 is 5.34. The van der Waals surface area contributed by atoms with E-state index in [1.54, 1.807) is 6.20 Å². The number of ether oxygens (including phenoxy) is 1. The zero-order chi connectivity index (χ0) is 16.8. The Balaban J connectivity index is 1.52. The lowest BCUT2D eigenvalue weighted by molar-refractivity contribution is -0.116. The number of carbonyl (C=O) groups excluding carboxylic acids is 1. The summed E-state index contributed by atoms with van der Waals surface area (Å²) in [4.78, 5) is 18.6. The molecule has 0 unspecified atom stereocenters. The predicted molar refractivity (Wildman–Crippen MR) is 95.1 cm³/mol. The molecule has 0 spiro atoms. The molecule has 0 bridgehead atoms. The van der Waals surface area contributed by atoms with Crippen molar-refractivity contribution in [1.82, 2.24) is 4.98 Å². The fourth-order valence-corrected chi connectivity index (χ4v) is 2.68. The van der Waals surface area contributed by atoms with E-state index < -0.39 is 0 Å². The molecule has 3 N–H and O–H groups in total. The Morgan fingerprint density at radius 1 is 1.21 bits per heavy atom. The number of anilines is 3. The van der Waals surface area contributed by atoms with Crippen LogP contribution in [0.2, 0.25) is 0 Å². The molecule has 0 saturated carbocycles. The number of pyridine rings is 1. The number of morpholine rings is 1. The number of benzene rings is 1. The van der Waals surface area contributed by atoms with Crippen LogP contribution in [0.1, 0.15) is 12.0 Å². The summed E-state index contributed by atoms with van der Waals surface area (Å²) in [5.41, 5.74) is 8.65. The van der Waals surface area contributed by atoms with Crippen LogP contribution in [0, 0.1) is 0 Å². The van der Waals surface area contributed by atoms with Gasteiger partial charge >= 0.3 is 0 Å². The van der Waals surface area contributed by atoms with E-state index in [-0.39, 0.29) is 5.91 Å². The van der Waals surface area contributed by atoms with Crippen molar-refractivity contribution in [2.45, 2.75) is 12.8 Å². The minimum absolute atomic E-state index is 0.0649. The number of aromatic nitrogens is 1. The second kappa shape index (κ2) is 7.79. The first-order chi connectivity index (χ1) is 11.7. The van der Waals surface area contributed by atoms with Gasteiger partial charge in [0, 0.05) is 25.2 Å². The Morgan fingerprint density at radius 3 is 2.71 bits per heavy atom. The highest BCUT2D eigenvalue weighted by Gasteiger charge is 2.12. The summed E-state index contributed by atoms with van der Waals surface area (Å²) >= 11 is 0. The minimum atomic E-state index is -0.0649. The van der Waals surface area contributed by atoms with Crippen LogP contribution in [0.5, 0.6) is 0 Å². The number of aryl methyl sites for hydroxylation is 1. The van der Waals surface area contributed by atoms with E-state index in [1.807, 2.05) is 36.4 Å². The first-order valence-corrected chi connectivity index (χ1v) is 8.14. The highest BCUT2D eigenvalue weighted by molar-refractivity contribution is 5.90. The fourth-order valence-electron chi connectivity index (χ4n) is 2.68. The van der Waals surface area contributed by atoms with E-state index in [9.17, 15) is 4.79 Å². The molecule has 0 radical (unpaired) electrons. The first kappa shape index (κ1) is 16.3. The first-order valence-electron chi connectivity index (χ1n) is 8.14. The van der Waals surface area contributed by atoms with E-state index in [0.717, 1.165) is 43.2 Å². The van der Waals surface area contributed by atoms with E-state index in [2.05, 4.69) is 15.2 Å². The van der Waals surface area contributed by atoms with Crippen molar-refractivity contribution in [3.8, 4) is 0 Å². The predicted octanol–water partition coefficient (Wildman–Crippen LogP) is 2.07. The van der Waals surface area contributed by atoms with Gasteiger partial charge in [-0.05, 0) is 30.2 Å². The minimum Gasteiger partial charge on any atom is -0.399 e. The van der Waals surface area contributed by atoms with Gasteiger partial charge in [0.25, 0.3) is 0 Å². The van der Waals surface area contributed by atoms with E-state index in [1.165, 1.54) is 0 Å². The lowest BCUT2D eigenvalue weighted by Gasteiger charge is -2.28. The van der Waals surface area contributed by atoms with Gasteiger partial charge in [0.05, 0.1) is 25.1 Å². The number of nitrogens with one attached hydrogen (secondary N) is 1. The molecule has 6 nitrogen and oxygen atoms in total. The van der Waals surface area contributed by atoms with Gasteiger partial charge in [0.15, 0.2) is 0 Å². The smallest absolute Gasteiger partial charge is 0.225 e. The van der Waals surface area contributed by atoms with Gasteiger partial charge in [0.1, 0.15) is 5.82 Å². The van der Waals surface area contributed by atoms with Gasteiger partial charge in [-0.1, -0.05) is 18.2 Å². The van der Waals surface area contributed by atoms with Crippen LogP contribution in [0.3, 0.4) is 0 Å². The zero-order valence-corrected chi connectivity index (χ0v) is 13.6. The van der Waals surface area contributed by atoms with Gasteiger partial charge in [-0.15, -0.1) is 0 Å². The van der Waals surface area contributed by atoms with Crippen molar-refractivity contribution in [2.75, 3.05) is 42.3 Å². The lowest BCUT2D eigenvalue weighted by Crippen LogP contribution is -2.36. The molecule has 1 aliphatic rings. The largest absolute Gasteiger partial charge is 0.399 e. The van der Waals surface area contributed by atoms with Crippen molar-refractivity contribution in [1.29, 1.82) is 0 Å². The van der Waals surface area contributed by atoms with Crippen LogP contribution >= 0.6 is 0 Å². The van der Waals surface area contributed by atoms with Crippen LogP contribution in [-0.4, -0.2) is 37.2 Å².